The van der Waals surface area contributed by atoms with Crippen molar-refractivity contribution in [2.75, 3.05) is 5.32 Å². The fourth-order valence-electron chi connectivity index (χ4n) is 2.22. The summed E-state index contributed by atoms with van der Waals surface area (Å²) in [4.78, 5) is 19.9. The molecule has 6 heteroatoms. The van der Waals surface area contributed by atoms with Crippen LogP contribution < -0.4 is 10.1 Å². The lowest BCUT2D eigenvalue weighted by molar-refractivity contribution is 0.102. The highest BCUT2D eigenvalue weighted by Gasteiger charge is 2.16. The van der Waals surface area contributed by atoms with Crippen LogP contribution in [0.5, 0.6) is 5.75 Å². The Balaban J connectivity index is 1.89. The summed E-state index contributed by atoms with van der Waals surface area (Å²) in [7, 11) is 0. The third-order valence-corrected chi connectivity index (χ3v) is 3.41. The van der Waals surface area contributed by atoms with Gasteiger partial charge in [0.25, 0.3) is 5.91 Å². The summed E-state index contributed by atoms with van der Waals surface area (Å²) in [6, 6.07) is 12.5. The molecule has 0 aliphatic heterocycles. The first-order chi connectivity index (χ1) is 11.0. The Morgan fingerprint density at radius 1 is 1.26 bits per heavy atom. The first-order valence-electron chi connectivity index (χ1n) is 7.25. The van der Waals surface area contributed by atoms with E-state index in [1.165, 1.54) is 0 Å². The van der Waals surface area contributed by atoms with Crippen LogP contribution in [-0.4, -0.2) is 22.0 Å². The second-order valence-corrected chi connectivity index (χ2v) is 5.80. The maximum atomic E-state index is 12.5. The number of nitrogens with zero attached hydrogens (tertiary/aromatic N) is 1. The van der Waals surface area contributed by atoms with Crippen LogP contribution in [-0.2, 0) is 0 Å². The summed E-state index contributed by atoms with van der Waals surface area (Å²) in [6.45, 7) is 3.80. The van der Waals surface area contributed by atoms with Crippen LogP contribution in [0, 0.1) is 0 Å². The molecule has 0 unspecified atom stereocenters. The number of anilines is 1. The number of aromatic amines is 1. The topological polar surface area (TPSA) is 67.0 Å². The molecule has 0 saturated carbocycles. The van der Waals surface area contributed by atoms with Gasteiger partial charge in [0, 0.05) is 5.02 Å². The molecule has 0 aliphatic carbocycles. The normalized spacial score (nSPS) is 11.0. The van der Waals surface area contributed by atoms with Crippen LogP contribution in [0.25, 0.3) is 11.0 Å². The van der Waals surface area contributed by atoms with E-state index >= 15 is 0 Å². The van der Waals surface area contributed by atoms with Crippen molar-refractivity contribution in [3.8, 4) is 5.75 Å². The summed E-state index contributed by atoms with van der Waals surface area (Å²) in [5.41, 5.74) is 2.01. The molecule has 0 saturated heterocycles. The highest BCUT2D eigenvalue weighted by molar-refractivity contribution is 6.31. The van der Waals surface area contributed by atoms with Gasteiger partial charge in [-0.15, -0.1) is 0 Å². The van der Waals surface area contributed by atoms with Crippen LogP contribution in [0.2, 0.25) is 5.02 Å². The van der Waals surface area contributed by atoms with Gasteiger partial charge in [0.15, 0.2) is 0 Å². The molecule has 0 radical (unpaired) electrons. The molecule has 2 aromatic carbocycles. The Hall–Kier alpha value is -2.53. The zero-order valence-corrected chi connectivity index (χ0v) is 13.5. The second kappa shape index (κ2) is 6.30. The van der Waals surface area contributed by atoms with Crippen LogP contribution in [0.1, 0.15) is 24.2 Å². The second-order valence-electron chi connectivity index (χ2n) is 5.36. The maximum absolute atomic E-state index is 12.5. The number of imidazole rings is 1. The number of aromatic nitrogens is 2. The number of fused-ring (bicyclic) bond motifs is 1. The van der Waals surface area contributed by atoms with Gasteiger partial charge in [-0.1, -0.05) is 23.7 Å². The molecule has 0 spiro atoms. The van der Waals surface area contributed by atoms with Crippen molar-refractivity contribution < 1.29 is 9.53 Å². The average molecular weight is 330 g/mol. The van der Waals surface area contributed by atoms with Gasteiger partial charge < -0.3 is 9.72 Å². The van der Waals surface area contributed by atoms with Crippen molar-refractivity contribution in [1.82, 2.24) is 9.97 Å². The number of benzene rings is 2. The van der Waals surface area contributed by atoms with E-state index in [2.05, 4.69) is 15.3 Å². The molecule has 0 fully saturated rings. The largest absolute Gasteiger partial charge is 0.490 e. The number of para-hydroxylation sites is 2. The number of H-pyrrole nitrogens is 1. The molecule has 0 aliphatic rings. The number of hydrogen-bond donors (Lipinski definition) is 2. The van der Waals surface area contributed by atoms with Gasteiger partial charge >= 0.3 is 0 Å². The Labute approximate surface area is 138 Å². The Morgan fingerprint density at radius 3 is 2.78 bits per heavy atom. The number of ether oxygens (including phenoxy) is 1. The van der Waals surface area contributed by atoms with E-state index in [1.54, 1.807) is 18.2 Å². The smallest absolute Gasteiger partial charge is 0.261 e. The lowest BCUT2D eigenvalue weighted by Gasteiger charge is -2.14. The zero-order chi connectivity index (χ0) is 16.4. The van der Waals surface area contributed by atoms with Crippen molar-refractivity contribution in [3.63, 3.8) is 0 Å². The van der Waals surface area contributed by atoms with Gasteiger partial charge in [-0.05, 0) is 44.2 Å². The molecule has 5 nitrogen and oxygen atoms in total. The van der Waals surface area contributed by atoms with E-state index < -0.39 is 0 Å². The van der Waals surface area contributed by atoms with Crippen LogP contribution in [0.4, 0.5) is 5.95 Å². The van der Waals surface area contributed by atoms with Gasteiger partial charge in [-0.2, -0.15) is 0 Å². The van der Waals surface area contributed by atoms with Crippen molar-refractivity contribution >= 4 is 34.5 Å². The van der Waals surface area contributed by atoms with Gasteiger partial charge in [-0.25, -0.2) is 4.98 Å². The molecule has 3 aromatic rings. The monoisotopic (exact) mass is 329 g/mol. The molecular weight excluding hydrogens is 314 g/mol. The van der Waals surface area contributed by atoms with E-state index in [0.717, 1.165) is 11.0 Å². The van der Waals surface area contributed by atoms with E-state index in [4.69, 9.17) is 16.3 Å². The van der Waals surface area contributed by atoms with Gasteiger partial charge in [-0.3, -0.25) is 10.1 Å². The number of hydrogen-bond acceptors (Lipinski definition) is 3. The lowest BCUT2D eigenvalue weighted by atomic mass is 10.2. The van der Waals surface area contributed by atoms with Gasteiger partial charge in [0.05, 0.1) is 22.7 Å². The fraction of sp³-hybridized carbons (Fsp3) is 0.176. The third-order valence-electron chi connectivity index (χ3n) is 3.17. The standard InChI is InChI=1S/C17H16ClN3O2/c1-10(2)23-15-8-7-11(18)9-12(15)16(22)21-17-19-13-5-3-4-6-14(13)20-17/h3-10H,1-2H3,(H2,19,20,21,22). The highest BCUT2D eigenvalue weighted by Crippen LogP contribution is 2.25. The Morgan fingerprint density at radius 2 is 2.04 bits per heavy atom. The molecule has 118 valence electrons. The minimum absolute atomic E-state index is 0.0473. The van der Waals surface area contributed by atoms with Crippen LogP contribution >= 0.6 is 11.6 Å². The zero-order valence-electron chi connectivity index (χ0n) is 12.8. The summed E-state index contributed by atoms with van der Waals surface area (Å²) in [5.74, 6) is 0.534. The molecule has 1 amide bonds. The van der Waals surface area contributed by atoms with Crippen molar-refractivity contribution in [2.24, 2.45) is 0 Å². The van der Waals surface area contributed by atoms with Gasteiger partial charge in [0.2, 0.25) is 5.95 Å². The average Bonchev–Trinajstić information content (AvgIpc) is 2.90. The lowest BCUT2D eigenvalue weighted by Crippen LogP contribution is -2.16. The maximum Gasteiger partial charge on any atom is 0.261 e. The van der Waals surface area contributed by atoms with E-state index in [1.807, 2.05) is 38.1 Å². The van der Waals surface area contributed by atoms with Crippen molar-refractivity contribution in [2.45, 2.75) is 20.0 Å². The quantitative estimate of drug-likeness (QED) is 0.751. The summed E-state index contributed by atoms with van der Waals surface area (Å²) < 4.78 is 5.67. The summed E-state index contributed by atoms with van der Waals surface area (Å²) >= 11 is 6.01. The number of amides is 1. The summed E-state index contributed by atoms with van der Waals surface area (Å²) in [5, 5.41) is 3.21. The van der Waals surface area contributed by atoms with E-state index in [-0.39, 0.29) is 12.0 Å². The molecule has 2 N–H and O–H groups in total. The first-order valence-corrected chi connectivity index (χ1v) is 7.63. The van der Waals surface area contributed by atoms with Crippen molar-refractivity contribution in [3.05, 3.63) is 53.1 Å². The number of carbonyl (C=O) groups is 1. The fourth-order valence-corrected chi connectivity index (χ4v) is 2.40. The molecule has 1 heterocycles. The number of nitrogens with one attached hydrogen (secondary N) is 2. The Kier molecular flexibility index (Phi) is 4.21. The molecule has 1 aromatic heterocycles. The first kappa shape index (κ1) is 15.4. The predicted octanol–water partition coefficient (Wildman–Crippen LogP) is 4.26. The SMILES string of the molecule is CC(C)Oc1ccc(Cl)cc1C(=O)Nc1nc2ccccc2[nH]1. The molecule has 0 bridgehead atoms. The molecule has 0 atom stereocenters. The number of rotatable bonds is 4. The van der Waals surface area contributed by atoms with Crippen LogP contribution in [0.15, 0.2) is 42.5 Å². The highest BCUT2D eigenvalue weighted by atomic mass is 35.5. The minimum atomic E-state index is -0.331. The predicted molar refractivity (Wildman–Crippen MR) is 91.3 cm³/mol. The van der Waals surface area contributed by atoms with E-state index in [9.17, 15) is 4.79 Å². The van der Waals surface area contributed by atoms with Crippen molar-refractivity contribution in [1.29, 1.82) is 0 Å². The summed E-state index contributed by atoms with van der Waals surface area (Å²) in [6.07, 6.45) is -0.0473. The third kappa shape index (κ3) is 3.46. The molecular formula is C17H16ClN3O2. The minimum Gasteiger partial charge on any atom is -0.490 e. The number of carbonyl (C=O) groups excluding carboxylic acids is 1. The Bertz CT molecular complexity index is 825. The van der Waals surface area contributed by atoms with Gasteiger partial charge in [0.1, 0.15) is 5.75 Å². The number of halogens is 1. The van der Waals surface area contributed by atoms with Crippen LogP contribution in [0.3, 0.4) is 0 Å². The molecule has 3 rings (SSSR count). The van der Waals surface area contributed by atoms with E-state index in [0.29, 0.717) is 22.3 Å². The molecule has 23 heavy (non-hydrogen) atoms.